The Morgan fingerprint density at radius 3 is 1.88 bits per heavy atom. The SMILES string of the molecule is NC(=S)NN=C1[C@H](O)[C@H](O)C(O)[C@@H](O)[C@H]1O. The fourth-order valence-corrected chi connectivity index (χ4v) is 1.40. The fourth-order valence-electron chi connectivity index (χ4n) is 1.35. The monoisotopic (exact) mass is 251 g/mol. The lowest BCUT2D eigenvalue weighted by Gasteiger charge is -2.36. The third-order valence-corrected chi connectivity index (χ3v) is 2.34. The summed E-state index contributed by atoms with van der Waals surface area (Å²) in [5, 5.41) is 50.1. The van der Waals surface area contributed by atoms with Crippen molar-refractivity contribution in [2.75, 3.05) is 0 Å². The Hall–Kier alpha value is -0.840. The van der Waals surface area contributed by atoms with Crippen LogP contribution in [0.1, 0.15) is 0 Å². The molecule has 0 bridgehead atoms. The Morgan fingerprint density at radius 2 is 1.50 bits per heavy atom. The first-order valence-electron chi connectivity index (χ1n) is 4.39. The summed E-state index contributed by atoms with van der Waals surface area (Å²) in [7, 11) is 0. The minimum absolute atomic E-state index is 0.206. The molecule has 8 nitrogen and oxygen atoms in total. The molecule has 0 unspecified atom stereocenters. The minimum Gasteiger partial charge on any atom is -0.387 e. The van der Waals surface area contributed by atoms with Gasteiger partial charge in [0.2, 0.25) is 0 Å². The molecule has 0 aliphatic heterocycles. The maximum atomic E-state index is 9.47. The van der Waals surface area contributed by atoms with Gasteiger partial charge in [-0.15, -0.1) is 0 Å². The lowest BCUT2D eigenvalue weighted by molar-refractivity contribution is -0.130. The highest BCUT2D eigenvalue weighted by atomic mass is 32.1. The van der Waals surface area contributed by atoms with Gasteiger partial charge in [-0.05, 0) is 12.2 Å². The van der Waals surface area contributed by atoms with Crippen LogP contribution < -0.4 is 11.2 Å². The zero-order chi connectivity index (χ0) is 12.5. The van der Waals surface area contributed by atoms with E-state index in [4.69, 9.17) is 5.73 Å². The average molecular weight is 251 g/mol. The molecular formula is C7H13N3O5S. The molecule has 0 aromatic heterocycles. The quantitative estimate of drug-likeness (QED) is 0.184. The number of aliphatic hydroxyl groups is 5. The van der Waals surface area contributed by atoms with Crippen LogP contribution in [0.3, 0.4) is 0 Å². The smallest absolute Gasteiger partial charge is 0.184 e. The van der Waals surface area contributed by atoms with Gasteiger partial charge in [0.1, 0.15) is 36.2 Å². The number of hydrogen-bond acceptors (Lipinski definition) is 7. The second kappa shape index (κ2) is 4.99. The first-order chi connectivity index (χ1) is 7.36. The van der Waals surface area contributed by atoms with Crippen molar-refractivity contribution < 1.29 is 25.5 Å². The number of nitrogens with zero attached hydrogens (tertiary/aromatic N) is 1. The standard InChI is InChI=1S/C7H13N3O5S/c8-7(16)10-9-1-2(11)4(13)6(15)5(14)3(1)12/h2-6,11-15H,(H3,8,10,16)/t2-,3-,4-,5-,6?/m0/s1. The lowest BCUT2D eigenvalue weighted by atomic mass is 9.86. The van der Waals surface area contributed by atoms with Gasteiger partial charge in [0.15, 0.2) is 5.11 Å². The van der Waals surface area contributed by atoms with Gasteiger partial charge in [0, 0.05) is 0 Å². The zero-order valence-corrected chi connectivity index (χ0v) is 8.87. The largest absolute Gasteiger partial charge is 0.387 e. The maximum absolute atomic E-state index is 9.47. The summed E-state index contributed by atoms with van der Waals surface area (Å²) in [6.45, 7) is 0. The molecule has 9 heteroatoms. The van der Waals surface area contributed by atoms with Gasteiger partial charge >= 0.3 is 0 Å². The average Bonchev–Trinajstić information content (AvgIpc) is 2.23. The van der Waals surface area contributed by atoms with E-state index in [0.29, 0.717) is 0 Å². The van der Waals surface area contributed by atoms with Crippen LogP contribution in [-0.2, 0) is 0 Å². The molecule has 0 amide bonds. The number of nitrogens with two attached hydrogens (primary N) is 1. The molecule has 1 saturated carbocycles. The van der Waals surface area contributed by atoms with Crippen LogP contribution in [0.2, 0.25) is 0 Å². The van der Waals surface area contributed by atoms with Crippen LogP contribution >= 0.6 is 12.2 Å². The molecule has 1 aliphatic carbocycles. The van der Waals surface area contributed by atoms with E-state index >= 15 is 0 Å². The molecule has 0 heterocycles. The summed E-state index contributed by atoms with van der Waals surface area (Å²) in [6.07, 6.45) is -8.19. The number of hydrogen-bond donors (Lipinski definition) is 7. The Kier molecular flexibility index (Phi) is 4.13. The third kappa shape index (κ3) is 2.45. The lowest BCUT2D eigenvalue weighted by Crippen LogP contribution is -2.62. The van der Waals surface area contributed by atoms with Crippen LogP contribution in [0.25, 0.3) is 0 Å². The highest BCUT2D eigenvalue weighted by molar-refractivity contribution is 7.80. The zero-order valence-electron chi connectivity index (χ0n) is 8.06. The summed E-state index contributed by atoms with van der Waals surface area (Å²) >= 11 is 4.45. The molecule has 1 aliphatic rings. The van der Waals surface area contributed by atoms with Gasteiger partial charge in [0.25, 0.3) is 0 Å². The number of aliphatic hydroxyl groups excluding tert-OH is 5. The van der Waals surface area contributed by atoms with Crippen LogP contribution in [0.4, 0.5) is 0 Å². The molecule has 0 aromatic rings. The summed E-state index contributed by atoms with van der Waals surface area (Å²) in [5.41, 5.74) is 6.83. The second-order valence-corrected chi connectivity index (χ2v) is 3.81. The first kappa shape index (κ1) is 13.2. The summed E-state index contributed by atoms with van der Waals surface area (Å²) < 4.78 is 0. The van der Waals surface area contributed by atoms with Crippen molar-refractivity contribution in [1.82, 2.24) is 5.43 Å². The Bertz CT molecular complexity index is 294. The highest BCUT2D eigenvalue weighted by Crippen LogP contribution is 2.18. The van der Waals surface area contributed by atoms with Crippen molar-refractivity contribution in [3.63, 3.8) is 0 Å². The van der Waals surface area contributed by atoms with Gasteiger partial charge < -0.3 is 31.3 Å². The van der Waals surface area contributed by atoms with E-state index in [9.17, 15) is 25.5 Å². The number of hydrazone groups is 1. The van der Waals surface area contributed by atoms with Gasteiger partial charge in [0.05, 0.1) is 0 Å². The molecule has 0 spiro atoms. The normalized spacial score (nSPS) is 39.3. The highest BCUT2D eigenvalue weighted by Gasteiger charge is 2.46. The van der Waals surface area contributed by atoms with E-state index < -0.39 is 30.5 Å². The van der Waals surface area contributed by atoms with Crippen LogP contribution in [0.5, 0.6) is 0 Å². The fraction of sp³-hybridized carbons (Fsp3) is 0.714. The molecule has 0 radical (unpaired) electrons. The molecular weight excluding hydrogens is 238 g/mol. The molecule has 8 N–H and O–H groups in total. The minimum atomic E-state index is -1.66. The van der Waals surface area contributed by atoms with Crippen molar-refractivity contribution in [3.8, 4) is 0 Å². The van der Waals surface area contributed by atoms with Gasteiger partial charge in [-0.2, -0.15) is 5.10 Å². The van der Waals surface area contributed by atoms with E-state index in [1.807, 2.05) is 0 Å². The molecule has 4 atom stereocenters. The van der Waals surface area contributed by atoms with Crippen molar-refractivity contribution >= 4 is 23.0 Å². The molecule has 0 saturated heterocycles. The Labute approximate surface area is 96.0 Å². The van der Waals surface area contributed by atoms with Crippen LogP contribution in [0.15, 0.2) is 5.10 Å². The van der Waals surface area contributed by atoms with Gasteiger partial charge in [-0.25, -0.2) is 0 Å². The first-order valence-corrected chi connectivity index (χ1v) is 4.80. The van der Waals surface area contributed by atoms with Crippen molar-refractivity contribution in [1.29, 1.82) is 0 Å². The van der Waals surface area contributed by atoms with Crippen molar-refractivity contribution in [2.24, 2.45) is 10.8 Å². The summed E-state index contributed by atoms with van der Waals surface area (Å²) in [6, 6.07) is 0. The van der Waals surface area contributed by atoms with Crippen molar-refractivity contribution in [2.45, 2.75) is 30.5 Å². The van der Waals surface area contributed by atoms with Crippen molar-refractivity contribution in [3.05, 3.63) is 0 Å². The molecule has 92 valence electrons. The van der Waals surface area contributed by atoms with E-state index in [2.05, 4.69) is 22.7 Å². The summed E-state index contributed by atoms with van der Waals surface area (Å²) in [4.78, 5) is 0. The van der Waals surface area contributed by atoms with E-state index in [-0.39, 0.29) is 10.8 Å². The predicted molar refractivity (Wildman–Crippen MR) is 57.4 cm³/mol. The number of nitrogens with one attached hydrogen (secondary N) is 1. The van der Waals surface area contributed by atoms with E-state index in [1.165, 1.54) is 0 Å². The van der Waals surface area contributed by atoms with E-state index in [0.717, 1.165) is 0 Å². The number of rotatable bonds is 1. The molecule has 16 heavy (non-hydrogen) atoms. The Morgan fingerprint density at radius 1 is 1.06 bits per heavy atom. The maximum Gasteiger partial charge on any atom is 0.184 e. The summed E-state index contributed by atoms with van der Waals surface area (Å²) in [5.74, 6) is 0. The van der Waals surface area contributed by atoms with Gasteiger partial charge in [-0.1, -0.05) is 0 Å². The van der Waals surface area contributed by atoms with Crippen LogP contribution in [0, 0.1) is 0 Å². The molecule has 1 rings (SSSR count). The van der Waals surface area contributed by atoms with Gasteiger partial charge in [-0.3, -0.25) is 5.43 Å². The predicted octanol–water partition coefficient (Wildman–Crippen LogP) is -4.01. The van der Waals surface area contributed by atoms with E-state index in [1.54, 1.807) is 0 Å². The Balaban J connectivity index is 2.90. The second-order valence-electron chi connectivity index (χ2n) is 3.37. The topological polar surface area (TPSA) is 152 Å². The molecule has 1 fully saturated rings. The van der Waals surface area contributed by atoms with Crippen LogP contribution in [-0.4, -0.2) is 66.9 Å². The molecule has 0 aromatic carbocycles. The third-order valence-electron chi connectivity index (χ3n) is 2.25. The number of thiocarbonyl (C=S) groups is 1.